The van der Waals surface area contributed by atoms with Crippen molar-refractivity contribution in [3.8, 4) is 0 Å². The van der Waals surface area contributed by atoms with Crippen LogP contribution in [-0.2, 0) is 4.79 Å². The van der Waals surface area contributed by atoms with Crippen LogP contribution in [0.1, 0.15) is 39.0 Å². The highest BCUT2D eigenvalue weighted by molar-refractivity contribution is 5.75. The van der Waals surface area contributed by atoms with Crippen LogP contribution < -0.4 is 11.1 Å². The molecule has 1 fully saturated rings. The summed E-state index contributed by atoms with van der Waals surface area (Å²) in [6.45, 7) is 2.84. The third kappa shape index (κ3) is 4.62. The van der Waals surface area contributed by atoms with E-state index in [0.29, 0.717) is 13.0 Å². The highest BCUT2D eigenvalue weighted by Gasteiger charge is 2.41. The first-order valence-electron chi connectivity index (χ1n) is 5.71. The zero-order valence-electron chi connectivity index (χ0n) is 9.46. The second-order valence-corrected chi connectivity index (χ2v) is 4.77. The van der Waals surface area contributed by atoms with Crippen LogP contribution in [0.5, 0.6) is 0 Å². The molecule has 4 N–H and O–H groups in total. The van der Waals surface area contributed by atoms with Crippen LogP contribution in [0.4, 0.5) is 0 Å². The molecular weight excluding hydrogens is 192 g/mol. The van der Waals surface area contributed by atoms with Gasteiger partial charge in [-0.15, -0.1) is 0 Å². The van der Waals surface area contributed by atoms with E-state index in [1.807, 2.05) is 6.92 Å². The molecule has 0 saturated heterocycles. The van der Waals surface area contributed by atoms with Gasteiger partial charge in [0.15, 0.2) is 0 Å². The third-order valence-electron chi connectivity index (χ3n) is 3.09. The van der Waals surface area contributed by atoms with Gasteiger partial charge in [-0.3, -0.25) is 4.79 Å². The number of hydrogen-bond acceptors (Lipinski definition) is 3. The maximum absolute atomic E-state index is 11.4. The van der Waals surface area contributed by atoms with Crippen molar-refractivity contribution in [2.75, 3.05) is 13.2 Å². The molecule has 88 valence electrons. The molecule has 0 aromatic heterocycles. The minimum Gasteiger partial charge on any atom is -0.396 e. The van der Waals surface area contributed by atoms with E-state index < -0.39 is 0 Å². The molecule has 0 spiro atoms. The maximum atomic E-state index is 11.4. The van der Waals surface area contributed by atoms with E-state index in [1.165, 1.54) is 0 Å². The minimum atomic E-state index is 0.0801. The fourth-order valence-electron chi connectivity index (χ4n) is 1.66. The summed E-state index contributed by atoms with van der Waals surface area (Å²) in [5.41, 5.74) is 5.78. The number of nitrogens with two attached hydrogens (primary N) is 1. The molecule has 0 aromatic rings. The summed E-state index contributed by atoms with van der Waals surface area (Å²) in [6.07, 6.45) is 4.30. The van der Waals surface area contributed by atoms with E-state index in [9.17, 15) is 4.79 Å². The summed E-state index contributed by atoms with van der Waals surface area (Å²) in [5.74, 6) is 0.0801. The fourth-order valence-corrected chi connectivity index (χ4v) is 1.66. The van der Waals surface area contributed by atoms with E-state index in [0.717, 1.165) is 25.7 Å². The van der Waals surface area contributed by atoms with Gasteiger partial charge in [0.05, 0.1) is 0 Å². The van der Waals surface area contributed by atoms with Gasteiger partial charge >= 0.3 is 0 Å². The number of carbonyl (C=O) groups excluding carboxylic acids is 1. The number of nitrogens with one attached hydrogen (secondary N) is 1. The quantitative estimate of drug-likeness (QED) is 0.574. The molecule has 1 amide bonds. The standard InChI is InChI=1S/C11H22N2O2/c1-9(12)2-3-10(15)13-8-11(4-5-11)6-7-14/h9,14H,2-8,12H2,1H3,(H,13,15). The summed E-state index contributed by atoms with van der Waals surface area (Å²) in [4.78, 5) is 11.4. The lowest BCUT2D eigenvalue weighted by atomic mass is 10.0. The molecule has 0 aromatic carbocycles. The number of aliphatic hydroxyl groups is 1. The first-order valence-corrected chi connectivity index (χ1v) is 5.71. The van der Waals surface area contributed by atoms with E-state index in [2.05, 4.69) is 5.32 Å². The largest absolute Gasteiger partial charge is 0.396 e. The summed E-state index contributed by atoms with van der Waals surface area (Å²) in [7, 11) is 0. The Labute approximate surface area is 91.2 Å². The number of amides is 1. The zero-order valence-corrected chi connectivity index (χ0v) is 9.46. The monoisotopic (exact) mass is 214 g/mol. The highest BCUT2D eigenvalue weighted by Crippen LogP contribution is 2.47. The summed E-state index contributed by atoms with van der Waals surface area (Å²) in [6, 6.07) is 0.0862. The fraction of sp³-hybridized carbons (Fsp3) is 0.909. The first-order chi connectivity index (χ1) is 7.08. The number of aliphatic hydroxyl groups excluding tert-OH is 1. The third-order valence-corrected chi connectivity index (χ3v) is 3.09. The Hall–Kier alpha value is -0.610. The second-order valence-electron chi connectivity index (χ2n) is 4.77. The number of carbonyl (C=O) groups is 1. The molecule has 1 saturated carbocycles. The van der Waals surface area contributed by atoms with Gasteiger partial charge in [-0.2, -0.15) is 0 Å². The van der Waals surface area contributed by atoms with E-state index in [-0.39, 0.29) is 24.0 Å². The summed E-state index contributed by atoms with van der Waals surface area (Å²) < 4.78 is 0. The zero-order chi connectivity index (χ0) is 11.3. The van der Waals surface area contributed by atoms with Crippen LogP contribution in [0.15, 0.2) is 0 Å². The van der Waals surface area contributed by atoms with E-state index >= 15 is 0 Å². The van der Waals surface area contributed by atoms with Crippen LogP contribution >= 0.6 is 0 Å². The van der Waals surface area contributed by atoms with Gasteiger partial charge in [-0.05, 0) is 38.0 Å². The van der Waals surface area contributed by atoms with Crippen LogP contribution in [-0.4, -0.2) is 30.2 Å². The molecule has 1 aliphatic carbocycles. The smallest absolute Gasteiger partial charge is 0.220 e. The molecule has 1 rings (SSSR count). The van der Waals surface area contributed by atoms with Gasteiger partial charge in [0, 0.05) is 25.6 Å². The maximum Gasteiger partial charge on any atom is 0.220 e. The predicted molar refractivity (Wildman–Crippen MR) is 59.3 cm³/mol. The molecule has 15 heavy (non-hydrogen) atoms. The molecule has 0 radical (unpaired) electrons. The lowest BCUT2D eigenvalue weighted by Crippen LogP contribution is -2.31. The lowest BCUT2D eigenvalue weighted by molar-refractivity contribution is -0.121. The molecule has 0 heterocycles. The molecule has 1 aliphatic rings. The van der Waals surface area contributed by atoms with E-state index in [1.54, 1.807) is 0 Å². The van der Waals surface area contributed by atoms with Gasteiger partial charge < -0.3 is 16.2 Å². The second kappa shape index (κ2) is 5.47. The van der Waals surface area contributed by atoms with Crippen molar-refractivity contribution in [3.05, 3.63) is 0 Å². The molecular formula is C11H22N2O2. The Morgan fingerprint density at radius 2 is 2.27 bits per heavy atom. The Kier molecular flexibility index (Phi) is 4.54. The average Bonchev–Trinajstić information content (AvgIpc) is 2.93. The van der Waals surface area contributed by atoms with Crippen molar-refractivity contribution in [1.29, 1.82) is 0 Å². The summed E-state index contributed by atoms with van der Waals surface area (Å²) in [5, 5.41) is 11.8. The lowest BCUT2D eigenvalue weighted by Gasteiger charge is -2.14. The van der Waals surface area contributed by atoms with Crippen LogP contribution in [0.25, 0.3) is 0 Å². The SMILES string of the molecule is CC(N)CCC(=O)NCC1(CCO)CC1. The van der Waals surface area contributed by atoms with Crippen molar-refractivity contribution < 1.29 is 9.90 Å². The van der Waals surface area contributed by atoms with Crippen LogP contribution in [0, 0.1) is 5.41 Å². The van der Waals surface area contributed by atoms with Gasteiger partial charge in [0.2, 0.25) is 5.91 Å². The van der Waals surface area contributed by atoms with Crippen molar-refractivity contribution in [2.24, 2.45) is 11.1 Å². The van der Waals surface area contributed by atoms with Crippen LogP contribution in [0.3, 0.4) is 0 Å². The highest BCUT2D eigenvalue weighted by atomic mass is 16.3. The molecule has 1 unspecified atom stereocenters. The first kappa shape index (κ1) is 12.5. The van der Waals surface area contributed by atoms with Crippen LogP contribution in [0.2, 0.25) is 0 Å². The Bertz CT molecular complexity index is 213. The van der Waals surface area contributed by atoms with Gasteiger partial charge in [-0.25, -0.2) is 0 Å². The van der Waals surface area contributed by atoms with E-state index in [4.69, 9.17) is 10.8 Å². The number of hydrogen-bond donors (Lipinski definition) is 3. The predicted octanol–water partition coefficient (Wildman–Crippen LogP) is 0.393. The Morgan fingerprint density at radius 3 is 2.73 bits per heavy atom. The van der Waals surface area contributed by atoms with Gasteiger partial charge in [-0.1, -0.05) is 0 Å². The van der Waals surface area contributed by atoms with Gasteiger partial charge in [0.1, 0.15) is 0 Å². The van der Waals surface area contributed by atoms with Gasteiger partial charge in [0.25, 0.3) is 0 Å². The van der Waals surface area contributed by atoms with Crippen molar-refractivity contribution in [1.82, 2.24) is 5.32 Å². The Morgan fingerprint density at radius 1 is 1.60 bits per heavy atom. The topological polar surface area (TPSA) is 75.4 Å². The van der Waals surface area contributed by atoms with Crippen molar-refractivity contribution in [2.45, 2.75) is 45.1 Å². The average molecular weight is 214 g/mol. The summed E-state index contributed by atoms with van der Waals surface area (Å²) >= 11 is 0. The molecule has 0 bridgehead atoms. The molecule has 0 aliphatic heterocycles. The normalized spacial score (nSPS) is 19.7. The minimum absolute atomic E-state index is 0.0801. The molecule has 4 heteroatoms. The van der Waals surface area contributed by atoms with Crippen molar-refractivity contribution in [3.63, 3.8) is 0 Å². The number of rotatable bonds is 7. The molecule has 4 nitrogen and oxygen atoms in total. The Balaban J connectivity index is 2.11. The molecule has 1 atom stereocenters. The van der Waals surface area contributed by atoms with Crippen molar-refractivity contribution >= 4 is 5.91 Å².